The second-order valence-corrected chi connectivity index (χ2v) is 7.46. The van der Waals surface area contributed by atoms with Gasteiger partial charge in [-0.3, -0.25) is 0 Å². The van der Waals surface area contributed by atoms with Gasteiger partial charge in [-0.15, -0.1) is 11.8 Å². The van der Waals surface area contributed by atoms with Crippen LogP contribution in [0.25, 0.3) is 0 Å². The Bertz CT molecular complexity index is 359. The zero-order valence-electron chi connectivity index (χ0n) is 11.1. The van der Waals surface area contributed by atoms with Crippen LogP contribution in [0.2, 0.25) is 0 Å². The topological polar surface area (TPSA) is 35.8 Å². The van der Waals surface area contributed by atoms with Crippen LogP contribution in [0.4, 0.5) is 0 Å². The van der Waals surface area contributed by atoms with Crippen LogP contribution in [0.3, 0.4) is 0 Å². The average molecular weight is 262 g/mol. The lowest BCUT2D eigenvalue weighted by atomic mass is 9.49. The molecule has 0 unspecified atom stereocenters. The van der Waals surface area contributed by atoms with Gasteiger partial charge in [0, 0.05) is 12.6 Å². The molecule has 4 aliphatic carbocycles. The van der Waals surface area contributed by atoms with Crippen molar-refractivity contribution in [1.29, 1.82) is 5.26 Å². The molecular weight excluding hydrogens is 240 g/mol. The summed E-state index contributed by atoms with van der Waals surface area (Å²) in [4.78, 5) is 0. The highest BCUT2D eigenvalue weighted by atomic mass is 32.2. The van der Waals surface area contributed by atoms with Crippen LogP contribution in [0.1, 0.15) is 38.5 Å². The second kappa shape index (κ2) is 4.81. The fraction of sp³-hybridized carbons (Fsp3) is 0.800. The molecule has 4 rings (SSSR count). The zero-order chi connectivity index (χ0) is 12.6. The van der Waals surface area contributed by atoms with Gasteiger partial charge in [-0.2, -0.15) is 5.26 Å². The molecule has 2 nitrogen and oxygen atoms in total. The van der Waals surface area contributed by atoms with Gasteiger partial charge in [0.25, 0.3) is 0 Å². The Morgan fingerprint density at radius 1 is 1.28 bits per heavy atom. The lowest BCUT2D eigenvalue weighted by molar-refractivity contribution is -0.0498. The van der Waals surface area contributed by atoms with Gasteiger partial charge in [0.2, 0.25) is 0 Å². The largest absolute Gasteiger partial charge is 0.379 e. The summed E-state index contributed by atoms with van der Waals surface area (Å²) in [5.74, 6) is 3.03. The first-order valence-corrected chi connectivity index (χ1v) is 8.33. The van der Waals surface area contributed by atoms with Crippen LogP contribution in [0.15, 0.2) is 11.1 Å². The van der Waals surface area contributed by atoms with Crippen LogP contribution in [-0.4, -0.2) is 12.8 Å². The number of nitrogens with one attached hydrogen (secondary N) is 1. The summed E-state index contributed by atoms with van der Waals surface area (Å²) in [5.41, 5.74) is 0.555. The Kier molecular flexibility index (Phi) is 3.32. The molecule has 0 heterocycles. The van der Waals surface area contributed by atoms with Gasteiger partial charge in [-0.1, -0.05) is 0 Å². The molecule has 0 aromatic rings. The molecule has 4 fully saturated rings. The molecule has 98 valence electrons. The van der Waals surface area contributed by atoms with E-state index in [0.717, 1.165) is 29.3 Å². The fourth-order valence-corrected chi connectivity index (χ4v) is 5.41. The molecular formula is C15H22N2S. The van der Waals surface area contributed by atoms with Crippen molar-refractivity contribution in [3.05, 3.63) is 11.1 Å². The minimum Gasteiger partial charge on any atom is -0.379 e. The molecule has 4 bridgehead atoms. The van der Waals surface area contributed by atoms with E-state index >= 15 is 0 Å². The maximum atomic E-state index is 8.75. The number of hydrogen-bond acceptors (Lipinski definition) is 3. The van der Waals surface area contributed by atoms with Crippen LogP contribution >= 0.6 is 11.8 Å². The molecule has 0 atom stereocenters. The molecule has 0 aliphatic heterocycles. The lowest BCUT2D eigenvalue weighted by Gasteiger charge is -2.57. The average Bonchev–Trinajstić information content (AvgIpc) is 2.33. The minimum atomic E-state index is 0.555. The summed E-state index contributed by atoms with van der Waals surface area (Å²) < 4.78 is 0. The summed E-state index contributed by atoms with van der Waals surface area (Å²) >= 11 is 1.65. The van der Waals surface area contributed by atoms with Gasteiger partial charge in [-0.05, 0) is 67.9 Å². The summed E-state index contributed by atoms with van der Waals surface area (Å²) in [6.07, 6.45) is 12.5. The van der Waals surface area contributed by atoms with E-state index in [-0.39, 0.29) is 0 Å². The van der Waals surface area contributed by atoms with Crippen molar-refractivity contribution in [2.75, 3.05) is 12.8 Å². The second-order valence-electron chi connectivity index (χ2n) is 6.61. The minimum absolute atomic E-state index is 0.555. The van der Waals surface area contributed by atoms with E-state index < -0.39 is 0 Å². The third-order valence-corrected chi connectivity index (χ3v) is 5.92. The van der Waals surface area contributed by atoms with Gasteiger partial charge in [-0.25, -0.2) is 0 Å². The van der Waals surface area contributed by atoms with E-state index in [9.17, 15) is 0 Å². The highest BCUT2D eigenvalue weighted by molar-refractivity contribution is 8.02. The highest BCUT2D eigenvalue weighted by Crippen LogP contribution is 2.59. The van der Waals surface area contributed by atoms with Crippen molar-refractivity contribution in [3.63, 3.8) is 0 Å². The van der Waals surface area contributed by atoms with E-state index in [1.54, 1.807) is 17.8 Å². The third-order valence-electron chi connectivity index (χ3n) is 5.22. The van der Waals surface area contributed by atoms with Crippen molar-refractivity contribution in [2.24, 2.45) is 23.2 Å². The molecule has 0 saturated heterocycles. The number of rotatable bonds is 4. The van der Waals surface area contributed by atoms with Crippen LogP contribution < -0.4 is 5.32 Å². The SMILES string of the molecule is CS/C(=C\C#N)NCC12CC3CC(CC(C3)C1)C2. The van der Waals surface area contributed by atoms with Crippen molar-refractivity contribution in [1.82, 2.24) is 5.32 Å². The van der Waals surface area contributed by atoms with E-state index in [4.69, 9.17) is 5.26 Å². The van der Waals surface area contributed by atoms with Gasteiger partial charge in [0.15, 0.2) is 0 Å². The molecule has 18 heavy (non-hydrogen) atoms. The lowest BCUT2D eigenvalue weighted by Crippen LogP contribution is -2.50. The summed E-state index contributed by atoms with van der Waals surface area (Å²) in [7, 11) is 0. The first kappa shape index (κ1) is 12.4. The van der Waals surface area contributed by atoms with Gasteiger partial charge < -0.3 is 5.32 Å². The Morgan fingerprint density at radius 2 is 1.83 bits per heavy atom. The van der Waals surface area contributed by atoms with Crippen molar-refractivity contribution in [3.8, 4) is 6.07 Å². The number of hydrogen-bond donors (Lipinski definition) is 1. The maximum absolute atomic E-state index is 8.75. The zero-order valence-corrected chi connectivity index (χ0v) is 11.9. The van der Waals surface area contributed by atoms with Gasteiger partial charge in [0.05, 0.1) is 11.1 Å². The molecule has 0 amide bonds. The Morgan fingerprint density at radius 3 is 2.28 bits per heavy atom. The van der Waals surface area contributed by atoms with E-state index in [2.05, 4.69) is 11.4 Å². The molecule has 4 saturated carbocycles. The van der Waals surface area contributed by atoms with Crippen LogP contribution in [0, 0.1) is 34.5 Å². The number of allylic oxidation sites excluding steroid dienone is 1. The summed E-state index contributed by atoms with van der Waals surface area (Å²) in [5, 5.41) is 13.3. The number of thioether (sulfide) groups is 1. The number of nitriles is 1. The maximum Gasteiger partial charge on any atom is 0.0939 e. The molecule has 3 heteroatoms. The molecule has 0 aromatic carbocycles. The predicted octanol–water partition coefficient (Wildman–Crippen LogP) is 3.52. The van der Waals surface area contributed by atoms with Crippen molar-refractivity contribution < 1.29 is 0 Å². The first-order chi connectivity index (χ1) is 8.73. The van der Waals surface area contributed by atoms with Gasteiger partial charge in [0.1, 0.15) is 0 Å². The Balaban J connectivity index is 1.66. The first-order valence-electron chi connectivity index (χ1n) is 7.11. The van der Waals surface area contributed by atoms with E-state index in [0.29, 0.717) is 5.41 Å². The quantitative estimate of drug-likeness (QED) is 0.787. The molecule has 0 radical (unpaired) electrons. The van der Waals surface area contributed by atoms with Gasteiger partial charge >= 0.3 is 0 Å². The summed E-state index contributed by atoms with van der Waals surface area (Å²) in [6, 6.07) is 2.13. The molecule has 4 aliphatic rings. The van der Waals surface area contributed by atoms with Crippen molar-refractivity contribution >= 4 is 11.8 Å². The molecule has 0 aromatic heterocycles. The van der Waals surface area contributed by atoms with E-state index in [1.165, 1.54) is 38.5 Å². The monoisotopic (exact) mass is 262 g/mol. The Hall–Kier alpha value is -0.620. The number of nitrogens with zero attached hydrogens (tertiary/aromatic N) is 1. The Labute approximate surface area is 114 Å². The van der Waals surface area contributed by atoms with Crippen LogP contribution in [0.5, 0.6) is 0 Å². The predicted molar refractivity (Wildman–Crippen MR) is 75.8 cm³/mol. The summed E-state index contributed by atoms with van der Waals surface area (Å²) in [6.45, 7) is 1.09. The smallest absolute Gasteiger partial charge is 0.0939 e. The molecule has 1 N–H and O–H groups in total. The highest BCUT2D eigenvalue weighted by Gasteiger charge is 2.50. The van der Waals surface area contributed by atoms with E-state index in [1.807, 2.05) is 6.26 Å². The van der Waals surface area contributed by atoms with Crippen LogP contribution in [-0.2, 0) is 0 Å². The standard InChI is InChI=1S/C15H22N2S/c1-18-14(2-3-16)17-10-15-7-11-4-12(8-15)6-13(5-11)9-15/h2,11-13,17H,4-10H2,1H3/b14-2-. The van der Waals surface area contributed by atoms with Crippen molar-refractivity contribution in [2.45, 2.75) is 38.5 Å². The fourth-order valence-electron chi connectivity index (χ4n) is 5.02. The molecule has 0 spiro atoms. The third kappa shape index (κ3) is 2.28. The normalized spacial score (nSPS) is 41.8.